The third-order valence-electron chi connectivity index (χ3n) is 2.65. The summed E-state index contributed by atoms with van der Waals surface area (Å²) < 4.78 is 0. The van der Waals surface area contributed by atoms with E-state index in [1.807, 2.05) is 43.3 Å². The van der Waals surface area contributed by atoms with Gasteiger partial charge in [0.1, 0.15) is 0 Å². The topological polar surface area (TPSA) is 29.1 Å². The second-order valence-corrected chi connectivity index (χ2v) is 4.60. The van der Waals surface area contributed by atoms with Gasteiger partial charge in [-0.1, -0.05) is 48.0 Å². The number of benzene rings is 2. The first kappa shape index (κ1) is 13.4. The van der Waals surface area contributed by atoms with Crippen molar-refractivity contribution in [3.63, 3.8) is 0 Å². The largest absolute Gasteiger partial charge is 0.360 e. The van der Waals surface area contributed by atoms with E-state index in [-0.39, 0.29) is 5.78 Å². The van der Waals surface area contributed by atoms with Crippen LogP contribution in [-0.4, -0.2) is 5.78 Å². The minimum atomic E-state index is -0.0446. The summed E-state index contributed by atoms with van der Waals surface area (Å²) in [5, 5.41) is 3.65. The molecule has 0 fully saturated rings. The lowest BCUT2D eigenvalue weighted by atomic mass is 10.1. The van der Waals surface area contributed by atoms with Crippen molar-refractivity contribution in [1.82, 2.24) is 0 Å². The van der Waals surface area contributed by atoms with E-state index in [4.69, 9.17) is 11.6 Å². The Morgan fingerprint density at radius 2 is 1.89 bits per heavy atom. The van der Waals surface area contributed by atoms with Crippen molar-refractivity contribution < 1.29 is 4.79 Å². The summed E-state index contributed by atoms with van der Waals surface area (Å²) in [6.45, 7) is 1.99. The van der Waals surface area contributed by atoms with Crippen LogP contribution in [0.4, 0.5) is 5.69 Å². The summed E-state index contributed by atoms with van der Waals surface area (Å²) in [5.41, 5.74) is 2.56. The minimum absolute atomic E-state index is 0.0446. The standard InChI is InChI=1S/C16H14ClNO/c1-12-7-8-14(17)15(11-12)18-10-9-16(19)13-5-3-2-4-6-13/h2-11,18H,1H3. The van der Waals surface area contributed by atoms with Crippen LogP contribution in [-0.2, 0) is 0 Å². The molecule has 0 aliphatic heterocycles. The molecule has 96 valence electrons. The normalized spacial score (nSPS) is 10.6. The van der Waals surface area contributed by atoms with Gasteiger partial charge >= 0.3 is 0 Å². The van der Waals surface area contributed by atoms with Crippen LogP contribution >= 0.6 is 11.6 Å². The van der Waals surface area contributed by atoms with Gasteiger partial charge in [-0.3, -0.25) is 4.79 Å². The van der Waals surface area contributed by atoms with Gasteiger partial charge in [0.2, 0.25) is 0 Å². The van der Waals surface area contributed by atoms with E-state index in [0.29, 0.717) is 10.6 Å². The maximum Gasteiger partial charge on any atom is 0.187 e. The minimum Gasteiger partial charge on any atom is -0.360 e. The maximum atomic E-state index is 11.8. The highest BCUT2D eigenvalue weighted by Crippen LogP contribution is 2.22. The van der Waals surface area contributed by atoms with Crippen LogP contribution in [0.5, 0.6) is 0 Å². The Hall–Kier alpha value is -2.06. The summed E-state index contributed by atoms with van der Waals surface area (Å²) >= 11 is 6.05. The third kappa shape index (κ3) is 3.70. The highest BCUT2D eigenvalue weighted by Gasteiger charge is 2.00. The molecule has 2 rings (SSSR count). The summed E-state index contributed by atoms with van der Waals surface area (Å²) in [5.74, 6) is -0.0446. The van der Waals surface area contributed by atoms with Crippen LogP contribution in [0.15, 0.2) is 60.8 Å². The number of hydrogen-bond acceptors (Lipinski definition) is 2. The summed E-state index contributed by atoms with van der Waals surface area (Å²) in [6.07, 6.45) is 3.10. The van der Waals surface area contributed by atoms with E-state index in [1.54, 1.807) is 18.3 Å². The molecule has 3 heteroatoms. The number of rotatable bonds is 4. The molecule has 0 bridgehead atoms. The van der Waals surface area contributed by atoms with E-state index in [2.05, 4.69) is 5.32 Å². The average Bonchev–Trinajstić information content (AvgIpc) is 2.43. The van der Waals surface area contributed by atoms with Crippen LogP contribution in [0, 0.1) is 6.92 Å². The van der Waals surface area contributed by atoms with Gasteiger partial charge < -0.3 is 5.32 Å². The fourth-order valence-corrected chi connectivity index (χ4v) is 1.83. The van der Waals surface area contributed by atoms with Crippen molar-refractivity contribution in [2.75, 3.05) is 5.32 Å². The lowest BCUT2D eigenvalue weighted by molar-refractivity contribution is 0.104. The molecule has 1 N–H and O–H groups in total. The van der Waals surface area contributed by atoms with E-state index < -0.39 is 0 Å². The Labute approximate surface area is 117 Å². The van der Waals surface area contributed by atoms with Crippen LogP contribution < -0.4 is 5.32 Å². The van der Waals surface area contributed by atoms with Crippen molar-refractivity contribution >= 4 is 23.1 Å². The van der Waals surface area contributed by atoms with Crippen molar-refractivity contribution in [1.29, 1.82) is 0 Å². The van der Waals surface area contributed by atoms with Crippen LogP contribution in [0.2, 0.25) is 5.02 Å². The average molecular weight is 272 g/mol. The molecule has 0 saturated heterocycles. The Kier molecular flexibility index (Phi) is 4.37. The molecule has 0 heterocycles. The van der Waals surface area contributed by atoms with Crippen LogP contribution in [0.1, 0.15) is 15.9 Å². The molecule has 0 amide bonds. The molecule has 2 nitrogen and oxygen atoms in total. The Bertz CT molecular complexity index is 605. The number of allylic oxidation sites excluding steroid dienone is 1. The monoisotopic (exact) mass is 271 g/mol. The first-order chi connectivity index (χ1) is 9.16. The summed E-state index contributed by atoms with van der Waals surface area (Å²) in [6, 6.07) is 14.8. The van der Waals surface area contributed by atoms with Gasteiger partial charge in [-0.2, -0.15) is 0 Å². The number of ketones is 1. The number of carbonyl (C=O) groups is 1. The van der Waals surface area contributed by atoms with Crippen LogP contribution in [0.3, 0.4) is 0 Å². The van der Waals surface area contributed by atoms with E-state index in [0.717, 1.165) is 11.3 Å². The maximum absolute atomic E-state index is 11.8. The molecule has 0 saturated carbocycles. The van der Waals surface area contributed by atoms with Crippen LogP contribution in [0.25, 0.3) is 0 Å². The molecule has 0 aliphatic carbocycles. The highest BCUT2D eigenvalue weighted by atomic mass is 35.5. The zero-order chi connectivity index (χ0) is 13.7. The SMILES string of the molecule is Cc1ccc(Cl)c(NC=CC(=O)c2ccccc2)c1. The van der Waals surface area contributed by atoms with Crippen molar-refractivity contribution in [3.05, 3.63) is 77.0 Å². The second-order valence-electron chi connectivity index (χ2n) is 4.19. The molecular formula is C16H14ClNO. The predicted molar refractivity (Wildman–Crippen MR) is 79.7 cm³/mol. The lowest BCUT2D eigenvalue weighted by Crippen LogP contribution is -1.96. The molecule has 0 unspecified atom stereocenters. The molecule has 0 aromatic heterocycles. The highest BCUT2D eigenvalue weighted by molar-refractivity contribution is 6.33. The molecule has 0 radical (unpaired) electrons. The Balaban J connectivity index is 2.04. The van der Waals surface area contributed by atoms with Gasteiger partial charge in [0, 0.05) is 17.8 Å². The molecule has 2 aromatic carbocycles. The predicted octanol–water partition coefficient (Wildman–Crippen LogP) is 4.46. The number of halogens is 1. The number of hydrogen-bond donors (Lipinski definition) is 1. The van der Waals surface area contributed by atoms with Crippen molar-refractivity contribution in [2.45, 2.75) is 6.92 Å². The molecule has 19 heavy (non-hydrogen) atoms. The fraction of sp³-hybridized carbons (Fsp3) is 0.0625. The molecule has 0 spiro atoms. The van der Waals surface area contributed by atoms with Crippen molar-refractivity contribution in [2.24, 2.45) is 0 Å². The van der Waals surface area contributed by atoms with Crippen molar-refractivity contribution in [3.8, 4) is 0 Å². The first-order valence-electron chi connectivity index (χ1n) is 5.95. The van der Waals surface area contributed by atoms with E-state index >= 15 is 0 Å². The number of nitrogens with one attached hydrogen (secondary N) is 1. The number of anilines is 1. The Morgan fingerprint density at radius 1 is 1.16 bits per heavy atom. The zero-order valence-corrected chi connectivity index (χ0v) is 11.3. The molecular weight excluding hydrogens is 258 g/mol. The third-order valence-corrected chi connectivity index (χ3v) is 2.98. The molecule has 0 aliphatic rings. The van der Waals surface area contributed by atoms with E-state index in [9.17, 15) is 4.79 Å². The summed E-state index contributed by atoms with van der Waals surface area (Å²) in [7, 11) is 0. The quantitative estimate of drug-likeness (QED) is 0.657. The van der Waals surface area contributed by atoms with Gasteiger partial charge in [0.05, 0.1) is 10.7 Å². The number of aryl methyl sites for hydroxylation is 1. The van der Waals surface area contributed by atoms with Gasteiger partial charge in [0.25, 0.3) is 0 Å². The fourth-order valence-electron chi connectivity index (χ4n) is 1.66. The summed E-state index contributed by atoms with van der Waals surface area (Å²) in [4.78, 5) is 11.8. The molecule has 0 atom stereocenters. The smallest absolute Gasteiger partial charge is 0.187 e. The number of carbonyl (C=O) groups excluding carboxylic acids is 1. The zero-order valence-electron chi connectivity index (χ0n) is 10.6. The van der Waals surface area contributed by atoms with Gasteiger partial charge in [-0.15, -0.1) is 0 Å². The van der Waals surface area contributed by atoms with Gasteiger partial charge in [-0.25, -0.2) is 0 Å². The molecule has 2 aromatic rings. The van der Waals surface area contributed by atoms with Gasteiger partial charge in [-0.05, 0) is 24.6 Å². The Morgan fingerprint density at radius 3 is 2.63 bits per heavy atom. The van der Waals surface area contributed by atoms with E-state index in [1.165, 1.54) is 6.08 Å². The second kappa shape index (κ2) is 6.21. The lowest BCUT2D eigenvalue weighted by Gasteiger charge is -2.04. The van der Waals surface area contributed by atoms with Gasteiger partial charge in [0.15, 0.2) is 5.78 Å². The first-order valence-corrected chi connectivity index (χ1v) is 6.33.